The topological polar surface area (TPSA) is 85.3 Å². The molecule has 1 amide bonds. The van der Waals surface area contributed by atoms with Crippen LogP contribution in [0.15, 0.2) is 33.5 Å². The number of rotatable bonds is 2. The van der Waals surface area contributed by atoms with Crippen LogP contribution in [-0.4, -0.2) is 12.5 Å². The van der Waals surface area contributed by atoms with Crippen LogP contribution in [-0.2, 0) is 4.79 Å². The molecule has 2 rings (SSSR count). The fourth-order valence-electron chi connectivity index (χ4n) is 1.61. The van der Waals surface area contributed by atoms with E-state index >= 15 is 0 Å². The van der Waals surface area contributed by atoms with Crippen LogP contribution in [0.25, 0.3) is 11.0 Å². The summed E-state index contributed by atoms with van der Waals surface area (Å²) in [5, 5.41) is 3.44. The predicted molar refractivity (Wildman–Crippen MR) is 72.2 cm³/mol. The maximum atomic E-state index is 11.2. The van der Waals surface area contributed by atoms with E-state index in [0.717, 1.165) is 10.9 Å². The number of fused-ring (bicyclic) bond motifs is 1. The average molecular weight is 269 g/mol. The largest absolute Gasteiger partial charge is 0.423 e. The number of amides is 1. The quantitative estimate of drug-likeness (QED) is 0.807. The van der Waals surface area contributed by atoms with Crippen molar-refractivity contribution in [3.8, 4) is 0 Å². The highest BCUT2D eigenvalue weighted by molar-refractivity contribution is 5.94. The van der Waals surface area contributed by atoms with Gasteiger partial charge in [0.05, 0.1) is 6.54 Å². The van der Waals surface area contributed by atoms with Gasteiger partial charge in [0.25, 0.3) is 0 Å². The molecule has 5 nitrogen and oxygen atoms in total. The molecule has 0 atom stereocenters. The molecule has 0 fully saturated rings. The lowest BCUT2D eigenvalue weighted by Crippen LogP contribution is -2.21. The number of benzene rings is 1. The minimum absolute atomic E-state index is 0. The number of hydrogen-bond donors (Lipinski definition) is 2. The molecule has 1 heterocycles. The van der Waals surface area contributed by atoms with Crippen LogP contribution in [0.3, 0.4) is 0 Å². The molecule has 96 valence electrons. The Morgan fingerprint density at radius 2 is 2.11 bits per heavy atom. The molecule has 0 unspecified atom stereocenters. The average Bonchev–Trinajstić information content (AvgIpc) is 2.28. The molecule has 0 aliphatic heterocycles. The van der Waals surface area contributed by atoms with Crippen molar-refractivity contribution in [2.75, 3.05) is 11.9 Å². The van der Waals surface area contributed by atoms with E-state index in [2.05, 4.69) is 5.32 Å². The predicted octanol–water partition coefficient (Wildman–Crippen LogP) is 1.42. The second-order valence-electron chi connectivity index (χ2n) is 3.71. The molecule has 0 saturated carbocycles. The van der Waals surface area contributed by atoms with Crippen LogP contribution >= 0.6 is 12.4 Å². The van der Waals surface area contributed by atoms with Crippen LogP contribution in [0.4, 0.5) is 5.69 Å². The van der Waals surface area contributed by atoms with Gasteiger partial charge in [-0.3, -0.25) is 4.79 Å². The van der Waals surface area contributed by atoms with Crippen molar-refractivity contribution in [2.24, 2.45) is 5.73 Å². The summed E-state index contributed by atoms with van der Waals surface area (Å²) in [5.74, 6) is -0.292. The number of aryl methyl sites for hydroxylation is 1. The third kappa shape index (κ3) is 2.88. The Balaban J connectivity index is 0.00000162. The third-order valence-corrected chi connectivity index (χ3v) is 2.42. The molecule has 18 heavy (non-hydrogen) atoms. The number of halogens is 1. The van der Waals surface area contributed by atoms with Crippen LogP contribution in [0.1, 0.15) is 5.56 Å². The van der Waals surface area contributed by atoms with Gasteiger partial charge in [0.2, 0.25) is 5.91 Å². The van der Waals surface area contributed by atoms with Gasteiger partial charge in [-0.25, -0.2) is 4.79 Å². The van der Waals surface area contributed by atoms with Gasteiger partial charge in [-0.2, -0.15) is 0 Å². The van der Waals surface area contributed by atoms with Gasteiger partial charge in [0, 0.05) is 23.2 Å². The van der Waals surface area contributed by atoms with E-state index in [1.807, 2.05) is 6.92 Å². The van der Waals surface area contributed by atoms with E-state index in [9.17, 15) is 9.59 Å². The van der Waals surface area contributed by atoms with Crippen molar-refractivity contribution in [1.82, 2.24) is 0 Å². The third-order valence-electron chi connectivity index (χ3n) is 2.42. The maximum Gasteiger partial charge on any atom is 0.336 e. The molecule has 3 N–H and O–H groups in total. The first-order valence-electron chi connectivity index (χ1n) is 5.14. The van der Waals surface area contributed by atoms with Gasteiger partial charge in [-0.1, -0.05) is 0 Å². The Morgan fingerprint density at radius 1 is 1.39 bits per heavy atom. The fourth-order valence-corrected chi connectivity index (χ4v) is 1.61. The van der Waals surface area contributed by atoms with E-state index in [1.165, 1.54) is 6.07 Å². The number of nitrogens with one attached hydrogen (secondary N) is 1. The van der Waals surface area contributed by atoms with Crippen LogP contribution in [0, 0.1) is 6.92 Å². The summed E-state index contributed by atoms with van der Waals surface area (Å²) in [7, 11) is 0. The summed E-state index contributed by atoms with van der Waals surface area (Å²) in [6.45, 7) is 1.74. The highest BCUT2D eigenvalue weighted by atomic mass is 35.5. The molecule has 6 heteroatoms. The molecule has 0 radical (unpaired) electrons. The molecular formula is C12H13ClN2O3. The van der Waals surface area contributed by atoms with Crippen molar-refractivity contribution in [3.05, 3.63) is 40.2 Å². The van der Waals surface area contributed by atoms with E-state index in [-0.39, 0.29) is 24.9 Å². The Labute approximate surface area is 109 Å². The van der Waals surface area contributed by atoms with Gasteiger partial charge in [0.1, 0.15) is 5.58 Å². The molecule has 1 aromatic carbocycles. The second kappa shape index (κ2) is 5.66. The molecule has 0 aliphatic rings. The number of nitrogens with two attached hydrogens (primary N) is 1. The van der Waals surface area contributed by atoms with Crippen LogP contribution < -0.4 is 16.7 Å². The first-order valence-corrected chi connectivity index (χ1v) is 5.14. The normalized spacial score (nSPS) is 9.89. The van der Waals surface area contributed by atoms with Gasteiger partial charge < -0.3 is 15.5 Å². The lowest BCUT2D eigenvalue weighted by molar-refractivity contribution is -0.114. The highest BCUT2D eigenvalue weighted by Gasteiger charge is 2.04. The molecule has 2 aromatic rings. The number of hydrogen-bond acceptors (Lipinski definition) is 4. The van der Waals surface area contributed by atoms with E-state index in [0.29, 0.717) is 11.3 Å². The monoisotopic (exact) mass is 268 g/mol. The highest BCUT2D eigenvalue weighted by Crippen LogP contribution is 2.20. The zero-order valence-electron chi connectivity index (χ0n) is 9.73. The summed E-state index contributed by atoms with van der Waals surface area (Å²) in [6.07, 6.45) is 0. The van der Waals surface area contributed by atoms with Crippen molar-refractivity contribution in [1.29, 1.82) is 0 Å². The van der Waals surface area contributed by atoms with Crippen LogP contribution in [0.5, 0.6) is 0 Å². The number of carbonyl (C=O) groups excluding carboxylic acids is 1. The van der Waals surface area contributed by atoms with E-state index in [4.69, 9.17) is 10.2 Å². The molecular weight excluding hydrogens is 256 g/mol. The Bertz CT molecular complexity index is 637. The molecule has 0 aliphatic carbocycles. The lowest BCUT2D eigenvalue weighted by atomic mass is 10.1. The smallest absolute Gasteiger partial charge is 0.336 e. The van der Waals surface area contributed by atoms with Gasteiger partial charge in [-0.15, -0.1) is 12.4 Å². The lowest BCUT2D eigenvalue weighted by Gasteiger charge is -2.05. The van der Waals surface area contributed by atoms with Crippen molar-refractivity contribution >= 4 is 35.0 Å². The van der Waals surface area contributed by atoms with Crippen molar-refractivity contribution in [2.45, 2.75) is 6.92 Å². The zero-order chi connectivity index (χ0) is 12.4. The summed E-state index contributed by atoms with van der Waals surface area (Å²) in [5.41, 5.74) is 6.64. The van der Waals surface area contributed by atoms with Crippen molar-refractivity contribution in [3.63, 3.8) is 0 Å². The zero-order valence-corrected chi connectivity index (χ0v) is 10.5. The van der Waals surface area contributed by atoms with Gasteiger partial charge in [0.15, 0.2) is 0 Å². The maximum absolute atomic E-state index is 11.2. The number of anilines is 1. The SMILES string of the molecule is Cc1cc(=O)oc2cc(NC(=O)CN)ccc12.Cl. The van der Waals surface area contributed by atoms with E-state index in [1.54, 1.807) is 18.2 Å². The van der Waals surface area contributed by atoms with Gasteiger partial charge in [-0.05, 0) is 24.6 Å². The first-order chi connectivity index (χ1) is 8.10. The first kappa shape index (κ1) is 14.2. The number of carbonyl (C=O) groups is 1. The standard InChI is InChI=1S/C12H12N2O3.ClH/c1-7-4-12(16)17-10-5-8(2-3-9(7)10)14-11(15)6-13;/h2-5H,6,13H2,1H3,(H,14,15);1H. The van der Waals surface area contributed by atoms with Gasteiger partial charge >= 0.3 is 5.63 Å². The Kier molecular flexibility index (Phi) is 4.47. The summed E-state index contributed by atoms with van der Waals surface area (Å²) >= 11 is 0. The Hall–Kier alpha value is -1.85. The molecule has 1 aromatic heterocycles. The minimum atomic E-state index is -0.405. The molecule has 0 saturated heterocycles. The van der Waals surface area contributed by atoms with Crippen molar-refractivity contribution < 1.29 is 9.21 Å². The van der Waals surface area contributed by atoms with Crippen LogP contribution in [0.2, 0.25) is 0 Å². The van der Waals surface area contributed by atoms with E-state index < -0.39 is 5.63 Å². The minimum Gasteiger partial charge on any atom is -0.423 e. The fraction of sp³-hybridized carbons (Fsp3) is 0.167. The summed E-state index contributed by atoms with van der Waals surface area (Å²) < 4.78 is 5.06. The Morgan fingerprint density at radius 3 is 2.78 bits per heavy atom. The molecule has 0 bridgehead atoms. The molecule has 0 spiro atoms. The summed E-state index contributed by atoms with van der Waals surface area (Å²) in [6, 6.07) is 6.57. The second-order valence-corrected chi connectivity index (χ2v) is 3.71. The summed E-state index contributed by atoms with van der Waals surface area (Å²) in [4.78, 5) is 22.3.